The Morgan fingerprint density at radius 1 is 0.368 bits per heavy atom. The number of carboxylic acids is 4. The van der Waals surface area contributed by atoms with E-state index in [4.69, 9.17) is 35.4 Å². The number of rotatable bonds is 41. The van der Waals surface area contributed by atoms with E-state index in [1.807, 2.05) is 0 Å². The van der Waals surface area contributed by atoms with Crippen LogP contribution in [0.5, 0.6) is 0 Å². The predicted octanol–water partition coefficient (Wildman–Crippen LogP) is 11.3. The summed E-state index contributed by atoms with van der Waals surface area (Å²) in [6.07, 6.45) is 36.7. The molecule has 0 amide bonds. The third kappa shape index (κ3) is 62.7. The Labute approximate surface area is 345 Å². The van der Waals surface area contributed by atoms with Crippen LogP contribution in [0.25, 0.3) is 0 Å². The topological polar surface area (TPSA) is 216 Å². The summed E-state index contributed by atoms with van der Waals surface area (Å²) in [6.45, 7) is 1.71. The van der Waals surface area contributed by atoms with Gasteiger partial charge in [-0.25, -0.2) is 0 Å². The molecule has 12 heteroatoms. The molecule has 0 saturated carbocycles. The molecule has 0 fully saturated rings. The molecule has 0 spiro atoms. The van der Waals surface area contributed by atoms with Crippen molar-refractivity contribution in [2.75, 3.05) is 13.2 Å². The minimum Gasteiger partial charge on any atom is -0.481 e. The van der Waals surface area contributed by atoms with Gasteiger partial charge >= 0.3 is 29.8 Å². The van der Waals surface area contributed by atoms with Crippen LogP contribution >= 0.6 is 0 Å². The Hall–Kier alpha value is -2.73. The largest absolute Gasteiger partial charge is 0.481 e. The molecular weight excluding hydrogens is 732 g/mol. The fourth-order valence-electron chi connectivity index (χ4n) is 6.18. The summed E-state index contributed by atoms with van der Waals surface area (Å²) in [6, 6.07) is 0. The van der Waals surface area contributed by atoms with Gasteiger partial charge < -0.3 is 35.4 Å². The van der Waals surface area contributed by atoms with E-state index >= 15 is 0 Å². The molecule has 0 saturated heterocycles. The zero-order valence-electron chi connectivity index (χ0n) is 36.1. The van der Waals surface area contributed by atoms with Gasteiger partial charge in [0.05, 0.1) is 6.61 Å². The average Bonchev–Trinajstić information content (AvgIpc) is 3.16. The standard InChI is InChI=1S/C22H44O2.C13H24O6.C10H18O4/c1-2-3-4-5-6-7-8-9-10-11-12-13-14-15-16-17-18-19-20-21-22(23)24;14-9-11(15)10-19-13(18)8-6-4-2-1-3-5-7-12(16)17;11-9(12)7-5-3-1-2-4-6-8-10(13)14/h2-21H2,1H3,(H,23,24);11,14-15H,1-10H2,(H,16,17);1-8H2,(H,11,12)(H,13,14). The van der Waals surface area contributed by atoms with Gasteiger partial charge in [0.2, 0.25) is 0 Å². The molecule has 1 unspecified atom stereocenters. The molecule has 12 nitrogen and oxygen atoms in total. The Morgan fingerprint density at radius 2 is 0.579 bits per heavy atom. The number of aliphatic carboxylic acids is 4. The van der Waals surface area contributed by atoms with Gasteiger partial charge in [-0.3, -0.25) is 24.0 Å². The van der Waals surface area contributed by atoms with Crippen LogP contribution in [0.3, 0.4) is 0 Å². The van der Waals surface area contributed by atoms with Gasteiger partial charge in [-0.05, 0) is 32.1 Å². The van der Waals surface area contributed by atoms with E-state index < -0.39 is 36.6 Å². The van der Waals surface area contributed by atoms with E-state index in [1.54, 1.807) is 0 Å². The molecule has 0 aliphatic heterocycles. The van der Waals surface area contributed by atoms with Crippen molar-refractivity contribution in [2.45, 2.75) is 244 Å². The highest BCUT2D eigenvalue weighted by molar-refractivity contribution is 5.69. The number of unbranched alkanes of at least 4 members (excludes halogenated alkanes) is 28. The van der Waals surface area contributed by atoms with Crippen molar-refractivity contribution < 1.29 is 59.3 Å². The summed E-state index contributed by atoms with van der Waals surface area (Å²) >= 11 is 0. The lowest BCUT2D eigenvalue weighted by Gasteiger charge is -2.08. The molecule has 0 bridgehead atoms. The van der Waals surface area contributed by atoms with E-state index in [0.717, 1.165) is 83.5 Å². The van der Waals surface area contributed by atoms with E-state index in [-0.39, 0.29) is 31.8 Å². The van der Waals surface area contributed by atoms with Gasteiger partial charge in [-0.1, -0.05) is 174 Å². The van der Waals surface area contributed by atoms with Crippen LogP contribution in [0.2, 0.25) is 0 Å². The normalized spacial score (nSPS) is 11.1. The Bertz CT molecular complexity index is 891. The van der Waals surface area contributed by atoms with Gasteiger partial charge in [0.1, 0.15) is 12.7 Å². The molecule has 0 heterocycles. The van der Waals surface area contributed by atoms with Crippen molar-refractivity contribution in [1.82, 2.24) is 0 Å². The van der Waals surface area contributed by atoms with Crippen molar-refractivity contribution in [2.24, 2.45) is 0 Å². The van der Waals surface area contributed by atoms with Crippen LogP contribution in [0.1, 0.15) is 238 Å². The maximum Gasteiger partial charge on any atom is 0.305 e. The predicted molar refractivity (Wildman–Crippen MR) is 226 cm³/mol. The number of aliphatic hydroxyl groups excluding tert-OH is 2. The number of aliphatic hydroxyl groups is 2. The van der Waals surface area contributed by atoms with Crippen LogP contribution < -0.4 is 0 Å². The molecule has 57 heavy (non-hydrogen) atoms. The fourth-order valence-corrected chi connectivity index (χ4v) is 6.18. The highest BCUT2D eigenvalue weighted by Gasteiger charge is 2.07. The molecule has 0 aromatic heterocycles. The van der Waals surface area contributed by atoms with Gasteiger partial charge in [0.25, 0.3) is 0 Å². The van der Waals surface area contributed by atoms with Crippen molar-refractivity contribution in [3.05, 3.63) is 0 Å². The summed E-state index contributed by atoms with van der Waals surface area (Å²) in [5.74, 6) is -3.25. The fraction of sp³-hybridized carbons (Fsp3) is 0.889. The first-order chi connectivity index (χ1) is 27.5. The smallest absolute Gasteiger partial charge is 0.305 e. The van der Waals surface area contributed by atoms with Crippen molar-refractivity contribution in [3.8, 4) is 0 Å². The summed E-state index contributed by atoms with van der Waals surface area (Å²) in [7, 11) is 0. The molecule has 0 aromatic rings. The first-order valence-electron chi connectivity index (χ1n) is 22.8. The van der Waals surface area contributed by atoms with Crippen molar-refractivity contribution in [3.63, 3.8) is 0 Å². The van der Waals surface area contributed by atoms with Crippen LogP contribution in [-0.4, -0.2) is 79.8 Å². The molecular formula is C45H86O12. The molecule has 0 aliphatic carbocycles. The second-order valence-electron chi connectivity index (χ2n) is 15.5. The quantitative estimate of drug-likeness (QED) is 0.0251. The van der Waals surface area contributed by atoms with E-state index in [0.29, 0.717) is 19.3 Å². The molecule has 0 rings (SSSR count). The number of hydrogen-bond acceptors (Lipinski definition) is 8. The highest BCUT2D eigenvalue weighted by atomic mass is 16.5. The zero-order valence-corrected chi connectivity index (χ0v) is 36.1. The van der Waals surface area contributed by atoms with Gasteiger partial charge in [0, 0.05) is 32.1 Å². The second kappa shape index (κ2) is 49.4. The summed E-state index contributed by atoms with van der Waals surface area (Å²) in [5.41, 5.74) is 0. The number of carboxylic acid groups (broad SMARTS) is 4. The second-order valence-corrected chi connectivity index (χ2v) is 15.5. The van der Waals surface area contributed by atoms with Gasteiger partial charge in [0.15, 0.2) is 0 Å². The summed E-state index contributed by atoms with van der Waals surface area (Å²) in [4.78, 5) is 52.1. The summed E-state index contributed by atoms with van der Waals surface area (Å²) < 4.78 is 4.75. The Balaban J connectivity index is -0.000000795. The lowest BCUT2D eigenvalue weighted by atomic mass is 10.0. The molecule has 0 radical (unpaired) electrons. The molecule has 6 N–H and O–H groups in total. The monoisotopic (exact) mass is 819 g/mol. The SMILES string of the molecule is CCCCCCCCCCCCCCCCCCCCCC(=O)O.O=C(O)CCCCCCCCC(=O)O.O=C(O)CCCCCCCCC(=O)OCC(O)CO. The molecule has 0 aliphatic rings. The van der Waals surface area contributed by atoms with E-state index in [9.17, 15) is 24.0 Å². The third-order valence-corrected chi connectivity index (χ3v) is 9.69. The Kier molecular flexibility index (Phi) is 50.8. The zero-order chi connectivity index (χ0) is 43.0. The Morgan fingerprint density at radius 3 is 0.789 bits per heavy atom. The number of ether oxygens (including phenoxy) is 1. The molecule has 0 aromatic carbocycles. The minimum absolute atomic E-state index is 0.162. The van der Waals surface area contributed by atoms with Crippen LogP contribution in [0.4, 0.5) is 0 Å². The molecule has 1 atom stereocenters. The van der Waals surface area contributed by atoms with Crippen LogP contribution in [0, 0.1) is 0 Å². The number of carbonyl (C=O) groups is 5. The van der Waals surface area contributed by atoms with Crippen molar-refractivity contribution >= 4 is 29.8 Å². The van der Waals surface area contributed by atoms with Gasteiger partial charge in [-0.2, -0.15) is 0 Å². The number of esters is 1. The first kappa shape index (κ1) is 58.6. The van der Waals surface area contributed by atoms with E-state index in [2.05, 4.69) is 6.92 Å². The maximum atomic E-state index is 11.2. The first-order valence-corrected chi connectivity index (χ1v) is 22.8. The van der Waals surface area contributed by atoms with Crippen LogP contribution in [-0.2, 0) is 28.7 Å². The summed E-state index contributed by atoms with van der Waals surface area (Å²) in [5, 5.41) is 51.2. The maximum absolute atomic E-state index is 11.2. The van der Waals surface area contributed by atoms with Crippen molar-refractivity contribution in [1.29, 1.82) is 0 Å². The number of carbonyl (C=O) groups excluding carboxylic acids is 1. The third-order valence-electron chi connectivity index (χ3n) is 9.69. The minimum atomic E-state index is -1.00. The number of hydrogen-bond donors (Lipinski definition) is 6. The average molecular weight is 819 g/mol. The van der Waals surface area contributed by atoms with E-state index in [1.165, 1.54) is 109 Å². The molecule has 338 valence electrons. The highest BCUT2D eigenvalue weighted by Crippen LogP contribution is 2.15. The lowest BCUT2D eigenvalue weighted by molar-refractivity contribution is -0.147. The van der Waals surface area contributed by atoms with Crippen LogP contribution in [0.15, 0.2) is 0 Å². The van der Waals surface area contributed by atoms with Gasteiger partial charge in [-0.15, -0.1) is 0 Å². The lowest BCUT2D eigenvalue weighted by Crippen LogP contribution is -2.21.